The lowest BCUT2D eigenvalue weighted by Crippen LogP contribution is -1.63. The normalized spacial score (nSPS) is 8.82. The molecule has 2 N–H and O–H groups in total. The lowest BCUT2D eigenvalue weighted by molar-refractivity contribution is 0.629. The van der Waals surface area contributed by atoms with Gasteiger partial charge in [0.05, 0.1) is 11.7 Å². The van der Waals surface area contributed by atoms with Crippen LogP contribution in [0.5, 0.6) is 0 Å². The van der Waals surface area contributed by atoms with Crippen LogP contribution >= 0.6 is 0 Å². The van der Waals surface area contributed by atoms with Gasteiger partial charge in [-0.3, -0.25) is 5.10 Å². The molecule has 1 aromatic carbocycles. The number of hydrogen-bond donors (Lipinski definition) is 2. The minimum absolute atomic E-state index is 1.00. The topological polar surface area (TPSA) is 48.9 Å². The third-order valence-electron chi connectivity index (χ3n) is 1.35. The second-order valence-corrected chi connectivity index (χ2v) is 1.96. The minimum Gasteiger partial charge on any atom is -0.458 e. The molecule has 1 heterocycles. The van der Waals surface area contributed by atoms with Crippen LogP contribution in [0.3, 0.4) is 0 Å². The summed E-state index contributed by atoms with van der Waals surface area (Å²) < 4.78 is 0. The standard InChI is InChI=1S/C7H6N2.BH3O/c1-2-4-7-6(3-1)5-8-9-7;1-2/h1-5H,(H,8,9);2H,1H2. The SMILES string of the molecule is BO.c1ccc2[nH]ncc2c1. The highest BCUT2D eigenvalue weighted by atomic mass is 16.2. The number of nitrogens with zero attached hydrogens (tertiary/aromatic N) is 1. The maximum Gasteiger partial charge on any atom is 0.252 e. The van der Waals surface area contributed by atoms with Crippen LogP contribution in [0.15, 0.2) is 30.5 Å². The third-order valence-corrected chi connectivity index (χ3v) is 1.35. The summed E-state index contributed by atoms with van der Waals surface area (Å²) >= 11 is 0. The summed E-state index contributed by atoms with van der Waals surface area (Å²) in [6.07, 6.45) is 1.81. The maximum absolute atomic E-state index is 7.00. The molecule has 11 heavy (non-hydrogen) atoms. The monoisotopic (exact) mass is 148 g/mol. The molecule has 56 valence electrons. The van der Waals surface area contributed by atoms with Crippen molar-refractivity contribution in [1.29, 1.82) is 0 Å². The Bertz CT molecular complexity index is 290. The molecule has 0 bridgehead atoms. The summed E-state index contributed by atoms with van der Waals surface area (Å²) in [6.45, 7) is 0. The van der Waals surface area contributed by atoms with Gasteiger partial charge in [-0.15, -0.1) is 0 Å². The summed E-state index contributed by atoms with van der Waals surface area (Å²) in [5, 5.41) is 14.9. The van der Waals surface area contributed by atoms with E-state index in [9.17, 15) is 0 Å². The fourth-order valence-electron chi connectivity index (χ4n) is 0.883. The molecule has 0 saturated carbocycles. The number of hydrogen-bond acceptors (Lipinski definition) is 2. The molecule has 2 aromatic rings. The zero-order valence-electron chi connectivity index (χ0n) is 6.28. The molecule has 0 unspecified atom stereocenters. The summed E-state index contributed by atoms with van der Waals surface area (Å²) in [5.74, 6) is 0. The summed E-state index contributed by atoms with van der Waals surface area (Å²) in [5.41, 5.74) is 1.09. The fraction of sp³-hybridized carbons (Fsp3) is 0. The van der Waals surface area contributed by atoms with Gasteiger partial charge in [0.25, 0.3) is 8.05 Å². The Hall–Kier alpha value is -1.29. The van der Waals surface area contributed by atoms with E-state index in [0.29, 0.717) is 0 Å². The molecule has 0 saturated heterocycles. The van der Waals surface area contributed by atoms with Crippen LogP contribution in [0.2, 0.25) is 0 Å². The quantitative estimate of drug-likeness (QED) is 0.520. The van der Waals surface area contributed by atoms with Crippen LogP contribution in [-0.4, -0.2) is 23.3 Å². The highest BCUT2D eigenvalue weighted by molar-refractivity contribution is 5.95. The first-order valence-corrected chi connectivity index (χ1v) is 3.30. The Labute approximate surface area is 65.5 Å². The third kappa shape index (κ3) is 1.59. The average molecular weight is 148 g/mol. The summed E-state index contributed by atoms with van der Waals surface area (Å²) in [4.78, 5) is 0. The Morgan fingerprint density at radius 2 is 2.00 bits per heavy atom. The number of aromatic nitrogens is 2. The molecule has 4 heteroatoms. The number of fused-ring (bicyclic) bond motifs is 1. The fourth-order valence-corrected chi connectivity index (χ4v) is 0.883. The molecule has 0 spiro atoms. The average Bonchev–Trinajstić information content (AvgIpc) is 2.55. The van der Waals surface area contributed by atoms with Gasteiger partial charge >= 0.3 is 0 Å². The Kier molecular flexibility index (Phi) is 2.69. The second-order valence-electron chi connectivity index (χ2n) is 1.96. The number of para-hydroxylation sites is 1. The predicted octanol–water partition coefficient (Wildman–Crippen LogP) is 0.0897. The van der Waals surface area contributed by atoms with Gasteiger partial charge in [-0.25, -0.2) is 0 Å². The maximum atomic E-state index is 7.00. The number of H-pyrrole nitrogens is 1. The molecule has 0 radical (unpaired) electrons. The lowest BCUT2D eigenvalue weighted by Gasteiger charge is -1.81. The van der Waals surface area contributed by atoms with E-state index in [1.54, 1.807) is 0 Å². The second kappa shape index (κ2) is 3.78. The molecular weight excluding hydrogens is 139 g/mol. The smallest absolute Gasteiger partial charge is 0.252 e. The molecular formula is C7H9BN2O. The van der Waals surface area contributed by atoms with E-state index < -0.39 is 0 Å². The van der Waals surface area contributed by atoms with Crippen LogP contribution in [0.4, 0.5) is 0 Å². The molecule has 0 amide bonds. The van der Waals surface area contributed by atoms with Crippen molar-refractivity contribution >= 4 is 19.0 Å². The van der Waals surface area contributed by atoms with Gasteiger partial charge < -0.3 is 5.02 Å². The van der Waals surface area contributed by atoms with Gasteiger partial charge in [0.1, 0.15) is 0 Å². The van der Waals surface area contributed by atoms with Gasteiger partial charge in [-0.1, -0.05) is 18.2 Å². The Morgan fingerprint density at radius 3 is 2.73 bits per heavy atom. The molecule has 0 aliphatic carbocycles. The van der Waals surface area contributed by atoms with Crippen LogP contribution in [0.25, 0.3) is 10.9 Å². The molecule has 2 rings (SSSR count). The van der Waals surface area contributed by atoms with Crippen molar-refractivity contribution < 1.29 is 5.02 Å². The first kappa shape index (κ1) is 7.82. The summed E-state index contributed by atoms with van der Waals surface area (Å²) in [7, 11) is 1.00. The molecule has 3 nitrogen and oxygen atoms in total. The first-order valence-electron chi connectivity index (χ1n) is 3.30. The van der Waals surface area contributed by atoms with Crippen molar-refractivity contribution in [2.75, 3.05) is 0 Å². The van der Waals surface area contributed by atoms with Crippen LogP contribution in [0.1, 0.15) is 0 Å². The number of benzene rings is 1. The van der Waals surface area contributed by atoms with Gasteiger partial charge in [0.2, 0.25) is 0 Å². The molecule has 0 fully saturated rings. The zero-order valence-corrected chi connectivity index (χ0v) is 6.28. The largest absolute Gasteiger partial charge is 0.458 e. The van der Waals surface area contributed by atoms with E-state index in [1.807, 2.05) is 30.5 Å². The van der Waals surface area contributed by atoms with E-state index in [4.69, 9.17) is 5.02 Å². The van der Waals surface area contributed by atoms with Crippen LogP contribution in [-0.2, 0) is 0 Å². The molecule has 0 aliphatic heterocycles. The van der Waals surface area contributed by atoms with Gasteiger partial charge in [-0.05, 0) is 6.07 Å². The Balaban J connectivity index is 0.000000281. The number of nitrogens with one attached hydrogen (secondary N) is 1. The molecule has 0 atom stereocenters. The van der Waals surface area contributed by atoms with Gasteiger partial charge in [-0.2, -0.15) is 5.10 Å². The lowest BCUT2D eigenvalue weighted by atomic mass is 10.3. The Morgan fingerprint density at radius 1 is 1.27 bits per heavy atom. The van der Waals surface area contributed by atoms with Gasteiger partial charge in [0, 0.05) is 5.39 Å². The molecule has 0 aliphatic rings. The zero-order chi connectivity index (χ0) is 8.10. The predicted molar refractivity (Wildman–Crippen MR) is 46.9 cm³/mol. The highest BCUT2D eigenvalue weighted by Crippen LogP contribution is 2.06. The molecule has 1 aromatic heterocycles. The van der Waals surface area contributed by atoms with Crippen LogP contribution < -0.4 is 0 Å². The van der Waals surface area contributed by atoms with Gasteiger partial charge in [0.15, 0.2) is 0 Å². The van der Waals surface area contributed by atoms with Crippen molar-refractivity contribution in [3.8, 4) is 0 Å². The van der Waals surface area contributed by atoms with Crippen molar-refractivity contribution in [1.82, 2.24) is 10.2 Å². The van der Waals surface area contributed by atoms with E-state index in [1.165, 1.54) is 0 Å². The van der Waals surface area contributed by atoms with Crippen LogP contribution in [0, 0.1) is 0 Å². The first-order chi connectivity index (χ1) is 5.47. The van der Waals surface area contributed by atoms with Crippen molar-refractivity contribution in [2.24, 2.45) is 0 Å². The van der Waals surface area contributed by atoms with Crippen molar-refractivity contribution in [3.63, 3.8) is 0 Å². The summed E-state index contributed by atoms with van der Waals surface area (Å²) in [6, 6.07) is 8.01. The van der Waals surface area contributed by atoms with Crippen molar-refractivity contribution in [2.45, 2.75) is 0 Å². The van der Waals surface area contributed by atoms with E-state index in [0.717, 1.165) is 19.0 Å². The van der Waals surface area contributed by atoms with E-state index >= 15 is 0 Å². The van der Waals surface area contributed by atoms with Crippen molar-refractivity contribution in [3.05, 3.63) is 30.5 Å². The van der Waals surface area contributed by atoms with E-state index in [2.05, 4.69) is 10.2 Å². The number of aromatic amines is 1. The minimum atomic E-state index is 1.00. The number of rotatable bonds is 0. The highest BCUT2D eigenvalue weighted by Gasteiger charge is 1.88. The van der Waals surface area contributed by atoms with E-state index in [-0.39, 0.29) is 0 Å².